The van der Waals surface area contributed by atoms with E-state index in [1.165, 1.54) is 25.7 Å². The summed E-state index contributed by atoms with van der Waals surface area (Å²) < 4.78 is 5.06. The van der Waals surface area contributed by atoms with Crippen molar-refractivity contribution in [2.45, 2.75) is 26.2 Å². The number of amides is 1. The Morgan fingerprint density at radius 2 is 2.35 bits per heavy atom. The second-order valence-corrected chi connectivity index (χ2v) is 5.23. The van der Waals surface area contributed by atoms with Gasteiger partial charge < -0.3 is 9.73 Å². The van der Waals surface area contributed by atoms with Gasteiger partial charge in [0.1, 0.15) is 0 Å². The van der Waals surface area contributed by atoms with Crippen molar-refractivity contribution in [1.29, 1.82) is 0 Å². The highest BCUT2D eigenvalue weighted by molar-refractivity contribution is 9.09. The first-order chi connectivity index (χ1) is 8.22. The lowest BCUT2D eigenvalue weighted by Gasteiger charge is -2.17. The summed E-state index contributed by atoms with van der Waals surface area (Å²) in [6.07, 6.45) is 5.03. The van der Waals surface area contributed by atoms with Gasteiger partial charge in [-0.15, -0.1) is 0 Å². The molecule has 2 rings (SSSR count). The molecule has 0 spiro atoms. The van der Waals surface area contributed by atoms with Gasteiger partial charge >= 0.3 is 0 Å². The monoisotopic (exact) mass is 300 g/mol. The number of nitrogens with one attached hydrogen (secondary N) is 1. The number of carbonyl (C=O) groups is 1. The van der Waals surface area contributed by atoms with E-state index in [2.05, 4.69) is 26.2 Å². The van der Waals surface area contributed by atoms with Crippen LogP contribution in [-0.2, 0) is 0 Å². The number of aromatic nitrogens is 1. The van der Waals surface area contributed by atoms with Gasteiger partial charge in [0.05, 0.1) is 5.69 Å². The number of hydrogen-bond acceptors (Lipinski definition) is 3. The number of carbonyl (C=O) groups excluding carboxylic acids is 1. The highest BCUT2D eigenvalue weighted by atomic mass is 79.9. The minimum atomic E-state index is -0.153. The fourth-order valence-electron chi connectivity index (χ4n) is 2.41. The molecule has 0 saturated heterocycles. The van der Waals surface area contributed by atoms with Crippen molar-refractivity contribution in [3.05, 3.63) is 17.8 Å². The second-order valence-electron chi connectivity index (χ2n) is 4.58. The second kappa shape index (κ2) is 5.67. The van der Waals surface area contributed by atoms with Crippen LogP contribution in [0.2, 0.25) is 0 Å². The van der Waals surface area contributed by atoms with Crippen molar-refractivity contribution in [2.24, 2.45) is 11.8 Å². The summed E-state index contributed by atoms with van der Waals surface area (Å²) in [4.78, 5) is 15.7. The molecule has 4 nitrogen and oxygen atoms in total. The minimum absolute atomic E-state index is 0.153. The Balaban J connectivity index is 1.86. The number of halogens is 1. The molecule has 1 aliphatic rings. The Morgan fingerprint density at radius 3 is 3.00 bits per heavy atom. The number of rotatable bonds is 4. The Labute approximate surface area is 109 Å². The lowest BCUT2D eigenvalue weighted by Crippen LogP contribution is -2.31. The van der Waals surface area contributed by atoms with Gasteiger partial charge in [-0.05, 0) is 31.6 Å². The van der Waals surface area contributed by atoms with Crippen LogP contribution in [0.5, 0.6) is 0 Å². The molecule has 2 unspecified atom stereocenters. The summed E-state index contributed by atoms with van der Waals surface area (Å²) in [5.41, 5.74) is 0.644. The normalized spacial score (nSPS) is 23.9. The molecule has 1 amide bonds. The van der Waals surface area contributed by atoms with Gasteiger partial charge in [-0.1, -0.05) is 22.4 Å². The number of nitrogens with zero attached hydrogens (tertiary/aromatic N) is 1. The Morgan fingerprint density at radius 1 is 1.59 bits per heavy atom. The minimum Gasteiger partial charge on any atom is -0.438 e. The molecule has 0 radical (unpaired) electrons. The molecule has 1 aromatic rings. The molecule has 17 heavy (non-hydrogen) atoms. The van der Waals surface area contributed by atoms with E-state index in [0.29, 0.717) is 23.3 Å². The fourth-order valence-corrected chi connectivity index (χ4v) is 3.26. The lowest BCUT2D eigenvalue weighted by atomic mass is 9.98. The van der Waals surface area contributed by atoms with E-state index in [0.717, 1.165) is 11.9 Å². The summed E-state index contributed by atoms with van der Waals surface area (Å²) >= 11 is 3.53. The van der Waals surface area contributed by atoms with Gasteiger partial charge in [-0.3, -0.25) is 4.79 Å². The van der Waals surface area contributed by atoms with Gasteiger partial charge in [-0.25, -0.2) is 4.98 Å². The van der Waals surface area contributed by atoms with Crippen molar-refractivity contribution in [2.75, 3.05) is 11.9 Å². The van der Waals surface area contributed by atoms with Crippen LogP contribution in [-0.4, -0.2) is 22.8 Å². The summed E-state index contributed by atoms with van der Waals surface area (Å²) in [7, 11) is 0. The van der Waals surface area contributed by atoms with Crippen LogP contribution in [0.3, 0.4) is 0 Å². The lowest BCUT2D eigenvalue weighted by molar-refractivity contribution is 0.0916. The Hall–Kier alpha value is -0.840. The highest BCUT2D eigenvalue weighted by Gasteiger charge is 2.27. The average Bonchev–Trinajstić information content (AvgIpc) is 2.94. The third-order valence-corrected chi connectivity index (χ3v) is 4.32. The summed E-state index contributed by atoms with van der Waals surface area (Å²) in [5.74, 6) is 1.45. The molecular formula is C12H17BrN2O2. The van der Waals surface area contributed by atoms with Crippen molar-refractivity contribution >= 4 is 21.8 Å². The number of hydrogen-bond donors (Lipinski definition) is 1. The molecule has 1 aliphatic carbocycles. The number of aryl methyl sites for hydroxylation is 1. The maximum atomic E-state index is 11.8. The van der Waals surface area contributed by atoms with Gasteiger partial charge in [0.25, 0.3) is 5.91 Å². The predicted molar refractivity (Wildman–Crippen MR) is 68.2 cm³/mol. The van der Waals surface area contributed by atoms with E-state index in [1.807, 2.05) is 0 Å². The first kappa shape index (κ1) is 12.6. The standard InChI is InChI=1S/C12H17BrN2O2/c1-8-11(17-7-15-8)12(16)14-6-10-4-2-3-9(10)5-13/h7,9-10H,2-6H2,1H3,(H,14,16). The largest absolute Gasteiger partial charge is 0.438 e. The Bertz CT molecular complexity index is 392. The van der Waals surface area contributed by atoms with Gasteiger partial charge in [-0.2, -0.15) is 0 Å². The summed E-state index contributed by atoms with van der Waals surface area (Å²) in [6.45, 7) is 2.50. The van der Waals surface area contributed by atoms with E-state index in [4.69, 9.17) is 4.42 Å². The van der Waals surface area contributed by atoms with Gasteiger partial charge in [0.2, 0.25) is 5.76 Å². The van der Waals surface area contributed by atoms with Crippen LogP contribution in [0.15, 0.2) is 10.8 Å². The number of oxazole rings is 1. The molecule has 1 heterocycles. The van der Waals surface area contributed by atoms with E-state index in [1.54, 1.807) is 6.92 Å². The van der Waals surface area contributed by atoms with Crippen LogP contribution in [0, 0.1) is 18.8 Å². The van der Waals surface area contributed by atoms with E-state index >= 15 is 0 Å². The molecule has 2 atom stereocenters. The van der Waals surface area contributed by atoms with E-state index in [-0.39, 0.29) is 5.91 Å². The molecule has 0 aliphatic heterocycles. The zero-order valence-corrected chi connectivity index (χ0v) is 11.5. The third-order valence-electron chi connectivity index (χ3n) is 3.49. The summed E-state index contributed by atoms with van der Waals surface area (Å²) in [6, 6.07) is 0. The van der Waals surface area contributed by atoms with Crippen molar-refractivity contribution in [3.8, 4) is 0 Å². The quantitative estimate of drug-likeness (QED) is 0.869. The van der Waals surface area contributed by atoms with Crippen LogP contribution in [0.25, 0.3) is 0 Å². The predicted octanol–water partition coefficient (Wildman–Crippen LogP) is 2.52. The zero-order chi connectivity index (χ0) is 12.3. The first-order valence-electron chi connectivity index (χ1n) is 5.96. The zero-order valence-electron chi connectivity index (χ0n) is 9.91. The molecule has 5 heteroatoms. The van der Waals surface area contributed by atoms with Gasteiger partial charge in [0.15, 0.2) is 6.39 Å². The topological polar surface area (TPSA) is 55.1 Å². The molecule has 1 fully saturated rings. The first-order valence-corrected chi connectivity index (χ1v) is 7.08. The molecule has 0 aromatic carbocycles. The molecule has 1 aromatic heterocycles. The number of alkyl halides is 1. The SMILES string of the molecule is Cc1ncoc1C(=O)NCC1CCCC1CBr. The molecule has 0 bridgehead atoms. The maximum Gasteiger partial charge on any atom is 0.289 e. The van der Waals surface area contributed by atoms with Crippen molar-refractivity contribution in [3.63, 3.8) is 0 Å². The molecule has 1 saturated carbocycles. The van der Waals surface area contributed by atoms with Gasteiger partial charge in [0, 0.05) is 11.9 Å². The fraction of sp³-hybridized carbons (Fsp3) is 0.667. The smallest absolute Gasteiger partial charge is 0.289 e. The van der Waals surface area contributed by atoms with Crippen molar-refractivity contribution in [1.82, 2.24) is 10.3 Å². The maximum absolute atomic E-state index is 11.8. The van der Waals surface area contributed by atoms with Crippen LogP contribution >= 0.6 is 15.9 Å². The molecule has 1 N–H and O–H groups in total. The summed E-state index contributed by atoms with van der Waals surface area (Å²) in [5, 5.41) is 3.96. The molecule has 94 valence electrons. The van der Waals surface area contributed by atoms with Crippen molar-refractivity contribution < 1.29 is 9.21 Å². The Kier molecular flexibility index (Phi) is 4.20. The highest BCUT2D eigenvalue weighted by Crippen LogP contribution is 2.32. The van der Waals surface area contributed by atoms with E-state index < -0.39 is 0 Å². The van der Waals surface area contributed by atoms with Crippen LogP contribution in [0.4, 0.5) is 0 Å². The average molecular weight is 301 g/mol. The van der Waals surface area contributed by atoms with E-state index in [9.17, 15) is 4.79 Å². The molecular weight excluding hydrogens is 284 g/mol. The van der Waals surface area contributed by atoms with Crippen LogP contribution in [0.1, 0.15) is 35.5 Å². The third kappa shape index (κ3) is 2.89. The van der Waals surface area contributed by atoms with Crippen LogP contribution < -0.4 is 5.32 Å².